The molecule has 0 bridgehead atoms. The van der Waals surface area contributed by atoms with Crippen LogP contribution in [-0.4, -0.2) is 36.5 Å². The van der Waals surface area contributed by atoms with Gasteiger partial charge in [-0.25, -0.2) is 31.3 Å². The van der Waals surface area contributed by atoms with Gasteiger partial charge in [-0.05, 0) is 61.2 Å². The summed E-state index contributed by atoms with van der Waals surface area (Å²) >= 11 is 5.77. The van der Waals surface area contributed by atoms with Crippen LogP contribution in [0.1, 0.15) is 29.2 Å². The third-order valence-electron chi connectivity index (χ3n) is 5.64. The number of hydrogen-bond acceptors (Lipinski definition) is 5. The summed E-state index contributed by atoms with van der Waals surface area (Å²) in [5, 5.41) is 2.32. The fourth-order valence-corrected chi connectivity index (χ4v) is 5.31. The smallest absolute Gasteiger partial charge is 0.418 e. The van der Waals surface area contributed by atoms with Crippen molar-refractivity contribution in [2.24, 2.45) is 0 Å². The molecule has 178 valence electrons. The second kappa shape index (κ2) is 9.11. The highest BCUT2D eigenvalue weighted by atomic mass is 35.5. The molecule has 34 heavy (non-hydrogen) atoms. The molecule has 4 rings (SSSR count). The predicted molar refractivity (Wildman–Crippen MR) is 124 cm³/mol. The van der Waals surface area contributed by atoms with Gasteiger partial charge >= 0.3 is 12.1 Å². The summed E-state index contributed by atoms with van der Waals surface area (Å²) in [6.07, 6.45) is 2.85. The standard InChI is InChI=1S/C23H21ClFN3O5S/c1-14-3-7-17(8-4-14)34(31,32)27-12-15-5-10-21(18(15)13-27)28(23(30)33-2)22(29)26-16-6-9-20(25)19(24)11-16/h3-4,6-9,11-13,21H,5,10H2,1-2H3,(H,26,29)/t21-/m0/s1. The topological polar surface area (TPSA) is 97.7 Å². The van der Waals surface area contributed by atoms with Gasteiger partial charge in [0.1, 0.15) is 5.82 Å². The van der Waals surface area contributed by atoms with Crippen LogP contribution in [-0.2, 0) is 21.2 Å². The molecule has 3 amide bonds. The number of benzene rings is 2. The molecule has 2 aromatic carbocycles. The van der Waals surface area contributed by atoms with Crippen LogP contribution >= 0.6 is 11.6 Å². The van der Waals surface area contributed by atoms with Gasteiger partial charge in [0.25, 0.3) is 10.0 Å². The highest BCUT2D eigenvalue weighted by molar-refractivity contribution is 7.90. The Kier molecular flexibility index (Phi) is 6.37. The molecule has 1 aliphatic rings. The third kappa shape index (κ3) is 4.38. The Hall–Kier alpha value is -3.37. The maximum absolute atomic E-state index is 13.4. The first-order valence-electron chi connectivity index (χ1n) is 10.3. The lowest BCUT2D eigenvalue weighted by Crippen LogP contribution is -2.42. The predicted octanol–water partition coefficient (Wildman–Crippen LogP) is 5.11. The molecule has 0 unspecified atom stereocenters. The molecule has 3 aromatic rings. The Bertz CT molecular complexity index is 1370. The van der Waals surface area contributed by atoms with Gasteiger partial charge in [0, 0.05) is 18.1 Å². The summed E-state index contributed by atoms with van der Waals surface area (Å²) in [5.41, 5.74) is 2.33. The van der Waals surface area contributed by atoms with Gasteiger partial charge in [-0.15, -0.1) is 0 Å². The van der Waals surface area contributed by atoms with Gasteiger partial charge in [0.05, 0.1) is 23.1 Å². The van der Waals surface area contributed by atoms with Crippen LogP contribution < -0.4 is 5.32 Å². The molecule has 0 saturated carbocycles. The van der Waals surface area contributed by atoms with E-state index in [0.29, 0.717) is 24.0 Å². The number of methoxy groups -OCH3 is 1. The Morgan fingerprint density at radius 1 is 1.18 bits per heavy atom. The second-order valence-corrected chi connectivity index (χ2v) is 10.1. The molecule has 1 atom stereocenters. The number of imide groups is 1. The summed E-state index contributed by atoms with van der Waals surface area (Å²) in [4.78, 5) is 26.6. The summed E-state index contributed by atoms with van der Waals surface area (Å²) in [5.74, 6) is -0.652. The zero-order valence-electron chi connectivity index (χ0n) is 18.3. The van der Waals surface area contributed by atoms with Crippen molar-refractivity contribution in [2.75, 3.05) is 12.4 Å². The van der Waals surface area contributed by atoms with E-state index in [1.54, 1.807) is 12.1 Å². The SMILES string of the molecule is COC(=O)N(C(=O)Nc1ccc(F)c(Cl)c1)[C@H]1CCc2cn(S(=O)(=O)c3ccc(C)cc3)cc21. The van der Waals surface area contributed by atoms with Crippen LogP contribution in [0.15, 0.2) is 59.8 Å². The number of rotatable bonds is 4. The minimum atomic E-state index is -3.85. The molecular weight excluding hydrogens is 485 g/mol. The number of carbonyl (C=O) groups is 2. The Morgan fingerprint density at radius 3 is 2.53 bits per heavy atom. The monoisotopic (exact) mass is 505 g/mol. The lowest BCUT2D eigenvalue weighted by atomic mass is 10.1. The number of halogens is 2. The van der Waals surface area contributed by atoms with Crippen LogP contribution in [0.5, 0.6) is 0 Å². The molecule has 0 spiro atoms. The summed E-state index contributed by atoms with van der Waals surface area (Å²) in [6, 6.07) is 8.49. The average molecular weight is 506 g/mol. The van der Waals surface area contributed by atoms with E-state index in [2.05, 4.69) is 5.32 Å². The molecular formula is C23H21ClFN3O5S. The van der Waals surface area contributed by atoms with Crippen molar-refractivity contribution in [2.45, 2.75) is 30.7 Å². The van der Waals surface area contributed by atoms with Crippen molar-refractivity contribution < 1.29 is 27.1 Å². The van der Waals surface area contributed by atoms with Gasteiger partial charge in [-0.3, -0.25) is 0 Å². The van der Waals surface area contributed by atoms with Crippen LogP contribution in [0, 0.1) is 12.7 Å². The average Bonchev–Trinajstić information content (AvgIpc) is 3.39. The van der Waals surface area contributed by atoms with Crippen LogP contribution in [0.4, 0.5) is 19.7 Å². The Morgan fingerprint density at radius 2 is 1.88 bits per heavy atom. The third-order valence-corrected chi connectivity index (χ3v) is 7.56. The van der Waals surface area contributed by atoms with Crippen molar-refractivity contribution in [1.29, 1.82) is 0 Å². The van der Waals surface area contributed by atoms with E-state index in [0.717, 1.165) is 27.6 Å². The highest BCUT2D eigenvalue weighted by Gasteiger charge is 2.38. The first-order valence-corrected chi connectivity index (χ1v) is 12.1. The number of aromatic nitrogens is 1. The van der Waals surface area contributed by atoms with Crippen molar-refractivity contribution >= 4 is 39.4 Å². The normalized spacial score (nSPS) is 15.0. The number of carbonyl (C=O) groups excluding carboxylic acids is 2. The van der Waals surface area contributed by atoms with E-state index in [1.807, 2.05) is 6.92 Å². The summed E-state index contributed by atoms with van der Waals surface area (Å²) in [7, 11) is -2.72. The van der Waals surface area contributed by atoms with Crippen molar-refractivity contribution in [3.63, 3.8) is 0 Å². The molecule has 8 nitrogen and oxygen atoms in total. The fraction of sp³-hybridized carbons (Fsp3) is 0.217. The molecule has 1 aromatic heterocycles. The minimum Gasteiger partial charge on any atom is -0.452 e. The Labute approximate surface area is 200 Å². The number of anilines is 1. The van der Waals surface area contributed by atoms with Gasteiger partial charge in [0.15, 0.2) is 0 Å². The van der Waals surface area contributed by atoms with Gasteiger partial charge in [0.2, 0.25) is 0 Å². The number of hydrogen-bond donors (Lipinski definition) is 1. The molecule has 0 aliphatic heterocycles. The molecule has 1 N–H and O–H groups in total. The maximum Gasteiger partial charge on any atom is 0.418 e. The van der Waals surface area contributed by atoms with E-state index >= 15 is 0 Å². The Balaban J connectivity index is 1.65. The van der Waals surface area contributed by atoms with Crippen LogP contribution in [0.2, 0.25) is 5.02 Å². The molecule has 1 heterocycles. The van der Waals surface area contributed by atoms with E-state index in [-0.39, 0.29) is 15.6 Å². The number of amides is 3. The van der Waals surface area contributed by atoms with Crippen molar-refractivity contribution in [3.05, 3.63) is 82.4 Å². The van der Waals surface area contributed by atoms with Crippen LogP contribution in [0.25, 0.3) is 0 Å². The van der Waals surface area contributed by atoms with Gasteiger partial charge < -0.3 is 10.1 Å². The number of aryl methyl sites for hydroxylation is 2. The van der Waals surface area contributed by atoms with E-state index in [9.17, 15) is 22.4 Å². The first-order chi connectivity index (χ1) is 16.1. The summed E-state index contributed by atoms with van der Waals surface area (Å²) in [6.45, 7) is 1.86. The van der Waals surface area contributed by atoms with Gasteiger partial charge in [-0.2, -0.15) is 0 Å². The van der Waals surface area contributed by atoms with Crippen molar-refractivity contribution in [3.8, 4) is 0 Å². The van der Waals surface area contributed by atoms with Gasteiger partial charge in [-0.1, -0.05) is 29.3 Å². The van der Waals surface area contributed by atoms with E-state index < -0.39 is 34.0 Å². The number of fused-ring (bicyclic) bond motifs is 1. The molecule has 0 saturated heterocycles. The second-order valence-electron chi connectivity index (χ2n) is 7.84. The number of nitrogens with one attached hydrogen (secondary N) is 1. The quantitative estimate of drug-likeness (QED) is 0.531. The van der Waals surface area contributed by atoms with E-state index in [1.165, 1.54) is 36.7 Å². The lowest BCUT2D eigenvalue weighted by molar-refractivity contribution is 0.118. The maximum atomic E-state index is 13.4. The summed E-state index contributed by atoms with van der Waals surface area (Å²) < 4.78 is 45.5. The number of urea groups is 1. The van der Waals surface area contributed by atoms with Crippen molar-refractivity contribution in [1.82, 2.24) is 8.87 Å². The molecule has 0 radical (unpaired) electrons. The molecule has 11 heteroatoms. The minimum absolute atomic E-state index is 0.124. The fourth-order valence-electron chi connectivity index (χ4n) is 3.89. The lowest BCUT2D eigenvalue weighted by Gasteiger charge is -2.26. The molecule has 0 fully saturated rings. The highest BCUT2D eigenvalue weighted by Crippen LogP contribution is 2.38. The largest absolute Gasteiger partial charge is 0.452 e. The van der Waals surface area contributed by atoms with E-state index in [4.69, 9.17) is 16.3 Å². The molecule has 1 aliphatic carbocycles. The van der Waals surface area contributed by atoms with Crippen LogP contribution in [0.3, 0.4) is 0 Å². The zero-order valence-corrected chi connectivity index (χ0v) is 19.9. The first kappa shape index (κ1) is 23.8. The number of ether oxygens (including phenoxy) is 1. The number of nitrogens with zero attached hydrogens (tertiary/aromatic N) is 2. The zero-order chi connectivity index (χ0) is 24.6.